The van der Waals surface area contributed by atoms with Crippen molar-refractivity contribution in [2.45, 2.75) is 24.8 Å². The Hall–Kier alpha value is -4.26. The van der Waals surface area contributed by atoms with Gasteiger partial charge in [-0.15, -0.1) is 22.7 Å². The fraction of sp³-hybridized carbons (Fsp3) is 0.167. The van der Waals surface area contributed by atoms with Crippen molar-refractivity contribution >= 4 is 65.4 Å². The van der Waals surface area contributed by atoms with Crippen LogP contribution in [0.3, 0.4) is 0 Å². The maximum absolute atomic E-state index is 13.7. The molecule has 6 rings (SSSR count). The van der Waals surface area contributed by atoms with Crippen molar-refractivity contribution in [3.05, 3.63) is 88.8 Å². The molecule has 1 aliphatic rings. The predicted octanol–water partition coefficient (Wildman–Crippen LogP) is 5.99. The molecular formula is C30H26N4O5S3. The van der Waals surface area contributed by atoms with E-state index in [1.807, 2.05) is 24.3 Å². The second kappa shape index (κ2) is 11.2. The van der Waals surface area contributed by atoms with E-state index in [0.717, 1.165) is 31.2 Å². The molecule has 0 bridgehead atoms. The molecule has 42 heavy (non-hydrogen) atoms. The van der Waals surface area contributed by atoms with Crippen LogP contribution < -0.4 is 14.8 Å². The Morgan fingerprint density at radius 2 is 1.71 bits per heavy atom. The van der Waals surface area contributed by atoms with E-state index in [1.54, 1.807) is 59.6 Å². The van der Waals surface area contributed by atoms with Crippen LogP contribution in [0.15, 0.2) is 77.7 Å². The van der Waals surface area contributed by atoms with Crippen molar-refractivity contribution in [1.29, 1.82) is 0 Å². The number of aromatic nitrogens is 1. The van der Waals surface area contributed by atoms with Crippen molar-refractivity contribution < 1.29 is 22.7 Å². The molecule has 9 nitrogen and oxygen atoms in total. The number of hydrogen-bond donors (Lipinski definition) is 2. The van der Waals surface area contributed by atoms with Gasteiger partial charge in [0.05, 0.1) is 40.0 Å². The number of nitrogens with zero attached hydrogens (tertiary/aromatic N) is 2. The van der Waals surface area contributed by atoms with Crippen LogP contribution in [0.5, 0.6) is 5.75 Å². The van der Waals surface area contributed by atoms with Crippen molar-refractivity contribution in [1.82, 2.24) is 9.88 Å². The zero-order valence-corrected chi connectivity index (χ0v) is 25.2. The first kappa shape index (κ1) is 27.9. The monoisotopic (exact) mass is 618 g/mol. The smallest absolute Gasteiger partial charge is 0.261 e. The highest BCUT2D eigenvalue weighted by atomic mass is 32.2. The second-order valence-electron chi connectivity index (χ2n) is 9.67. The van der Waals surface area contributed by atoms with Crippen molar-refractivity contribution in [3.63, 3.8) is 0 Å². The van der Waals surface area contributed by atoms with Gasteiger partial charge in [0.25, 0.3) is 15.9 Å². The molecule has 0 atom stereocenters. The fourth-order valence-electron chi connectivity index (χ4n) is 4.86. The molecule has 0 fully saturated rings. The zero-order valence-electron chi connectivity index (χ0n) is 22.7. The molecule has 0 radical (unpaired) electrons. The summed E-state index contributed by atoms with van der Waals surface area (Å²) in [6.45, 7) is 2.60. The Labute approximate surface area is 250 Å². The van der Waals surface area contributed by atoms with Crippen molar-refractivity contribution in [3.8, 4) is 16.3 Å². The molecule has 1 aliphatic heterocycles. The third kappa shape index (κ3) is 5.36. The first-order valence-electron chi connectivity index (χ1n) is 13.1. The SMILES string of the molecule is COc1ccc(S(=O)(=O)Nc2ccccc2C(=O)Nc2sc3c(c2-c2nc4ccccc4s2)CCN(C(C)=O)C3)cc1. The van der Waals surface area contributed by atoms with Gasteiger partial charge >= 0.3 is 0 Å². The first-order valence-corrected chi connectivity index (χ1v) is 16.2. The Morgan fingerprint density at radius 1 is 0.976 bits per heavy atom. The number of nitrogens with one attached hydrogen (secondary N) is 2. The summed E-state index contributed by atoms with van der Waals surface area (Å²) < 4.78 is 35.0. The number of sulfonamides is 1. The maximum atomic E-state index is 13.7. The molecule has 0 saturated heterocycles. The molecule has 2 N–H and O–H groups in total. The Balaban J connectivity index is 1.35. The lowest BCUT2D eigenvalue weighted by molar-refractivity contribution is -0.129. The molecule has 0 unspecified atom stereocenters. The number of hydrogen-bond acceptors (Lipinski definition) is 8. The third-order valence-electron chi connectivity index (χ3n) is 7.02. The van der Waals surface area contributed by atoms with Crippen LogP contribution in [0.25, 0.3) is 20.8 Å². The number of benzene rings is 3. The van der Waals surface area contributed by atoms with Gasteiger partial charge in [0.15, 0.2) is 0 Å². The minimum Gasteiger partial charge on any atom is -0.497 e. The van der Waals surface area contributed by atoms with Gasteiger partial charge in [0, 0.05) is 23.9 Å². The van der Waals surface area contributed by atoms with Crippen LogP contribution in [0.2, 0.25) is 0 Å². The van der Waals surface area contributed by atoms with Crippen LogP contribution >= 0.6 is 22.7 Å². The minimum absolute atomic E-state index is 0.000700. The molecule has 3 aromatic carbocycles. The normalized spacial score (nSPS) is 13.0. The second-order valence-corrected chi connectivity index (χ2v) is 13.5. The highest BCUT2D eigenvalue weighted by Crippen LogP contribution is 2.46. The summed E-state index contributed by atoms with van der Waals surface area (Å²) in [5.41, 5.74) is 3.11. The van der Waals surface area contributed by atoms with Crippen LogP contribution in [0, 0.1) is 0 Å². The van der Waals surface area contributed by atoms with E-state index >= 15 is 0 Å². The molecule has 2 aromatic heterocycles. The highest BCUT2D eigenvalue weighted by Gasteiger charge is 2.29. The molecule has 5 aromatic rings. The van der Waals surface area contributed by atoms with Gasteiger partial charge in [-0.1, -0.05) is 24.3 Å². The number of anilines is 2. The number of methoxy groups -OCH3 is 1. The Bertz CT molecular complexity index is 1900. The van der Waals surface area contributed by atoms with Crippen molar-refractivity contribution in [2.75, 3.05) is 23.7 Å². The van der Waals surface area contributed by atoms with E-state index in [1.165, 1.54) is 30.6 Å². The molecule has 0 spiro atoms. The van der Waals surface area contributed by atoms with E-state index in [9.17, 15) is 18.0 Å². The van der Waals surface area contributed by atoms with Gasteiger partial charge in [0.2, 0.25) is 5.91 Å². The number of carbonyl (C=O) groups excluding carboxylic acids is 2. The van der Waals surface area contributed by atoms with Gasteiger partial charge in [0.1, 0.15) is 15.8 Å². The first-order chi connectivity index (χ1) is 20.2. The molecule has 0 aliphatic carbocycles. The van der Waals surface area contributed by atoms with Gasteiger partial charge < -0.3 is 15.0 Å². The van der Waals surface area contributed by atoms with Crippen LogP contribution in [-0.4, -0.2) is 43.8 Å². The number of para-hydroxylation sites is 2. The number of thiophene rings is 1. The maximum Gasteiger partial charge on any atom is 0.261 e. The Morgan fingerprint density at radius 3 is 2.45 bits per heavy atom. The highest BCUT2D eigenvalue weighted by molar-refractivity contribution is 7.92. The number of fused-ring (bicyclic) bond motifs is 2. The standard InChI is InChI=1S/C30H26N4O5S3/c1-18(35)34-16-15-22-26(17-34)41-30(27(22)29-31-24-9-5-6-10-25(24)40-29)32-28(36)21-7-3-4-8-23(21)33-42(37,38)20-13-11-19(39-2)12-14-20/h3-14,33H,15-17H2,1-2H3,(H,32,36). The third-order valence-corrected chi connectivity index (χ3v) is 10.6. The van der Waals surface area contributed by atoms with E-state index in [2.05, 4.69) is 10.0 Å². The number of amides is 2. The number of thiazole rings is 1. The summed E-state index contributed by atoms with van der Waals surface area (Å²) in [6.07, 6.45) is 0.644. The summed E-state index contributed by atoms with van der Waals surface area (Å²) in [7, 11) is -2.48. The lowest BCUT2D eigenvalue weighted by atomic mass is 10.0. The van der Waals surface area contributed by atoms with E-state index in [-0.39, 0.29) is 22.1 Å². The Kier molecular flexibility index (Phi) is 7.43. The average Bonchev–Trinajstić information content (AvgIpc) is 3.57. The van der Waals surface area contributed by atoms with Crippen LogP contribution in [0.4, 0.5) is 10.7 Å². The van der Waals surface area contributed by atoms with Gasteiger partial charge in [-0.3, -0.25) is 14.3 Å². The topological polar surface area (TPSA) is 118 Å². The molecule has 2 amide bonds. The summed E-state index contributed by atoms with van der Waals surface area (Å²) in [6, 6.07) is 20.3. The summed E-state index contributed by atoms with van der Waals surface area (Å²) in [5.74, 6) is 0.0642. The predicted molar refractivity (Wildman–Crippen MR) is 166 cm³/mol. The van der Waals surface area contributed by atoms with E-state index in [4.69, 9.17) is 9.72 Å². The summed E-state index contributed by atoms with van der Waals surface area (Å²) in [5, 5.41) is 4.44. The molecule has 214 valence electrons. The van der Waals surface area contributed by atoms with Crippen LogP contribution in [0.1, 0.15) is 27.7 Å². The minimum atomic E-state index is -3.98. The van der Waals surface area contributed by atoms with E-state index in [0.29, 0.717) is 30.3 Å². The zero-order chi connectivity index (χ0) is 29.4. The van der Waals surface area contributed by atoms with Crippen LogP contribution in [-0.2, 0) is 27.8 Å². The van der Waals surface area contributed by atoms with Gasteiger partial charge in [-0.2, -0.15) is 0 Å². The number of ether oxygens (including phenoxy) is 1. The molecule has 0 saturated carbocycles. The number of carbonyl (C=O) groups is 2. The average molecular weight is 619 g/mol. The number of rotatable bonds is 7. The van der Waals surface area contributed by atoms with Crippen molar-refractivity contribution in [2.24, 2.45) is 0 Å². The lowest BCUT2D eigenvalue weighted by Gasteiger charge is -2.26. The quantitative estimate of drug-likeness (QED) is 0.231. The summed E-state index contributed by atoms with van der Waals surface area (Å²) in [4.78, 5) is 33.6. The lowest BCUT2D eigenvalue weighted by Crippen LogP contribution is -2.33. The molecular weight excluding hydrogens is 593 g/mol. The largest absolute Gasteiger partial charge is 0.497 e. The van der Waals surface area contributed by atoms with Gasteiger partial charge in [-0.25, -0.2) is 13.4 Å². The van der Waals surface area contributed by atoms with E-state index < -0.39 is 15.9 Å². The fourth-order valence-corrected chi connectivity index (χ4v) is 8.31. The van der Waals surface area contributed by atoms with Gasteiger partial charge in [-0.05, 0) is 60.5 Å². The summed E-state index contributed by atoms with van der Waals surface area (Å²) >= 11 is 2.97. The molecule has 12 heteroatoms. The molecule has 3 heterocycles.